The van der Waals surface area contributed by atoms with Gasteiger partial charge in [0.05, 0.1) is 36.4 Å². The van der Waals surface area contributed by atoms with Crippen molar-refractivity contribution >= 4 is 23.1 Å². The van der Waals surface area contributed by atoms with Crippen molar-refractivity contribution in [1.82, 2.24) is 4.90 Å². The molecule has 0 radical (unpaired) electrons. The fourth-order valence-electron chi connectivity index (χ4n) is 3.36. The number of non-ortho nitro benzene ring substituents is 1. The summed E-state index contributed by atoms with van der Waals surface area (Å²) in [5.41, 5.74) is -0.147. The lowest BCUT2D eigenvalue weighted by atomic mass is 9.95. The number of nitro groups is 1. The van der Waals surface area contributed by atoms with Gasteiger partial charge in [0.15, 0.2) is 0 Å². The maximum atomic E-state index is 13.3. The number of carbonyl (C=O) groups excluding carboxylic acids is 2. The first-order valence-electron chi connectivity index (χ1n) is 9.32. The number of aliphatic hydroxyl groups is 2. The second-order valence-corrected chi connectivity index (χ2v) is 6.69. The molecule has 0 saturated carbocycles. The minimum Gasteiger partial charge on any atom is -0.507 e. The smallest absolute Gasteiger partial charge is 0.295 e. The van der Waals surface area contributed by atoms with Gasteiger partial charge in [0.2, 0.25) is 0 Å². The average molecular weight is 430 g/mol. The van der Waals surface area contributed by atoms with Crippen molar-refractivity contribution in [2.24, 2.45) is 0 Å². The van der Waals surface area contributed by atoms with Crippen molar-refractivity contribution in [3.63, 3.8) is 0 Å². The molecular formula is C21H19FN2O7. The van der Waals surface area contributed by atoms with E-state index in [9.17, 15) is 29.2 Å². The Kier molecular flexibility index (Phi) is 6.73. The highest BCUT2D eigenvalue weighted by Crippen LogP contribution is 2.40. The summed E-state index contributed by atoms with van der Waals surface area (Å²) >= 11 is 0. The summed E-state index contributed by atoms with van der Waals surface area (Å²) in [4.78, 5) is 37.2. The fourth-order valence-corrected chi connectivity index (χ4v) is 3.36. The molecule has 2 N–H and O–H groups in total. The quantitative estimate of drug-likeness (QED) is 0.164. The van der Waals surface area contributed by atoms with E-state index in [1.54, 1.807) is 0 Å². The monoisotopic (exact) mass is 430 g/mol. The third-order valence-corrected chi connectivity index (χ3v) is 4.77. The second-order valence-electron chi connectivity index (χ2n) is 6.69. The minimum absolute atomic E-state index is 0.00437. The number of aliphatic hydroxyl groups excluding tert-OH is 2. The van der Waals surface area contributed by atoms with E-state index in [1.165, 1.54) is 36.4 Å². The fraction of sp³-hybridized carbons (Fsp3) is 0.238. The maximum Gasteiger partial charge on any atom is 0.295 e. The molecule has 0 aliphatic carbocycles. The zero-order valence-corrected chi connectivity index (χ0v) is 16.2. The van der Waals surface area contributed by atoms with E-state index in [0.29, 0.717) is 0 Å². The molecule has 3 rings (SSSR count). The third-order valence-electron chi connectivity index (χ3n) is 4.77. The van der Waals surface area contributed by atoms with Gasteiger partial charge in [-0.15, -0.1) is 0 Å². The van der Waals surface area contributed by atoms with Crippen LogP contribution in [0.25, 0.3) is 5.76 Å². The molecule has 1 aliphatic rings. The molecule has 1 amide bonds. The molecule has 1 unspecified atom stereocenters. The van der Waals surface area contributed by atoms with Crippen molar-refractivity contribution in [3.8, 4) is 0 Å². The molecule has 10 heteroatoms. The Hall–Kier alpha value is -3.63. The van der Waals surface area contributed by atoms with Crippen LogP contribution in [0.15, 0.2) is 54.1 Å². The Balaban J connectivity index is 2.10. The Morgan fingerprint density at radius 2 is 1.87 bits per heavy atom. The molecule has 9 nitrogen and oxygen atoms in total. The Labute approximate surface area is 176 Å². The number of amides is 1. The Morgan fingerprint density at radius 3 is 2.52 bits per heavy atom. The van der Waals surface area contributed by atoms with Gasteiger partial charge in [0.1, 0.15) is 11.6 Å². The highest BCUT2D eigenvalue weighted by molar-refractivity contribution is 6.46. The topological polar surface area (TPSA) is 130 Å². The number of carbonyl (C=O) groups is 2. The first-order chi connectivity index (χ1) is 14.8. The molecule has 162 valence electrons. The van der Waals surface area contributed by atoms with Crippen LogP contribution in [0.5, 0.6) is 0 Å². The van der Waals surface area contributed by atoms with Gasteiger partial charge in [-0.2, -0.15) is 0 Å². The Morgan fingerprint density at radius 1 is 1.16 bits per heavy atom. The van der Waals surface area contributed by atoms with Crippen LogP contribution in [0.4, 0.5) is 10.1 Å². The van der Waals surface area contributed by atoms with Crippen LogP contribution < -0.4 is 0 Å². The predicted molar refractivity (Wildman–Crippen MR) is 106 cm³/mol. The molecule has 2 aromatic carbocycles. The summed E-state index contributed by atoms with van der Waals surface area (Å²) in [5, 5.41) is 30.8. The van der Waals surface area contributed by atoms with Crippen LogP contribution >= 0.6 is 0 Å². The van der Waals surface area contributed by atoms with Crippen molar-refractivity contribution in [1.29, 1.82) is 0 Å². The molecule has 2 aromatic rings. The standard InChI is InChI=1S/C21H19FN2O7/c22-15-6-4-13(5-7-15)19(26)17-18(14-2-1-3-16(12-14)24(29)30)23(21(28)20(17)27)8-10-31-11-9-25/h1-7,12,18,25-26H,8-11H2. The highest BCUT2D eigenvalue weighted by Gasteiger charge is 2.46. The van der Waals surface area contributed by atoms with Gasteiger partial charge in [-0.1, -0.05) is 12.1 Å². The van der Waals surface area contributed by atoms with Crippen molar-refractivity contribution in [2.45, 2.75) is 6.04 Å². The number of ketones is 1. The third kappa shape index (κ3) is 4.60. The van der Waals surface area contributed by atoms with Crippen LogP contribution in [0.3, 0.4) is 0 Å². The number of nitro benzene ring substituents is 1. The molecule has 0 spiro atoms. The number of halogens is 1. The SMILES string of the molecule is O=C1C(=O)N(CCOCCO)C(c2cccc([N+](=O)[O-])c2)C1=C(O)c1ccc(F)cc1. The van der Waals surface area contributed by atoms with Crippen LogP contribution in [0.2, 0.25) is 0 Å². The maximum absolute atomic E-state index is 13.3. The van der Waals surface area contributed by atoms with Gasteiger partial charge >= 0.3 is 0 Å². The highest BCUT2D eigenvalue weighted by atomic mass is 19.1. The van der Waals surface area contributed by atoms with E-state index in [2.05, 4.69) is 0 Å². The zero-order valence-electron chi connectivity index (χ0n) is 16.2. The number of hydrogen-bond acceptors (Lipinski definition) is 7. The van der Waals surface area contributed by atoms with Gasteiger partial charge in [-0.3, -0.25) is 19.7 Å². The number of hydrogen-bond donors (Lipinski definition) is 2. The average Bonchev–Trinajstić information content (AvgIpc) is 3.01. The lowest BCUT2D eigenvalue weighted by Crippen LogP contribution is -2.33. The van der Waals surface area contributed by atoms with Crippen LogP contribution in [0.1, 0.15) is 17.2 Å². The molecule has 31 heavy (non-hydrogen) atoms. The number of nitrogens with zero attached hydrogens (tertiary/aromatic N) is 2. The number of Topliss-reactive ketones (excluding diaryl/α,β-unsaturated/α-hetero) is 1. The second kappa shape index (κ2) is 9.45. The van der Waals surface area contributed by atoms with E-state index in [-0.39, 0.29) is 48.8 Å². The molecular weight excluding hydrogens is 411 g/mol. The van der Waals surface area contributed by atoms with Crippen LogP contribution in [-0.2, 0) is 14.3 Å². The molecule has 1 saturated heterocycles. The van der Waals surface area contributed by atoms with E-state index < -0.39 is 34.2 Å². The number of ether oxygens (including phenoxy) is 1. The lowest BCUT2D eigenvalue weighted by Gasteiger charge is -2.25. The van der Waals surface area contributed by atoms with Crippen molar-refractivity contribution < 1.29 is 33.9 Å². The number of benzene rings is 2. The van der Waals surface area contributed by atoms with Gasteiger partial charge in [-0.05, 0) is 29.8 Å². The summed E-state index contributed by atoms with van der Waals surface area (Å²) in [7, 11) is 0. The molecule has 1 atom stereocenters. The summed E-state index contributed by atoms with van der Waals surface area (Å²) in [5.74, 6) is -2.95. The normalized spacial score (nSPS) is 17.9. The van der Waals surface area contributed by atoms with Crippen LogP contribution in [0, 0.1) is 15.9 Å². The van der Waals surface area contributed by atoms with E-state index in [0.717, 1.165) is 17.0 Å². The molecule has 1 heterocycles. The van der Waals surface area contributed by atoms with E-state index >= 15 is 0 Å². The van der Waals surface area contributed by atoms with Gasteiger partial charge < -0.3 is 19.8 Å². The first kappa shape index (κ1) is 22.1. The van der Waals surface area contributed by atoms with Crippen LogP contribution in [-0.4, -0.2) is 58.1 Å². The summed E-state index contributed by atoms with van der Waals surface area (Å²) in [6, 6.07) is 8.99. The lowest BCUT2D eigenvalue weighted by molar-refractivity contribution is -0.384. The van der Waals surface area contributed by atoms with Gasteiger partial charge in [0, 0.05) is 24.2 Å². The van der Waals surface area contributed by atoms with E-state index in [4.69, 9.17) is 9.84 Å². The Bertz CT molecular complexity index is 1040. The molecule has 0 bridgehead atoms. The van der Waals surface area contributed by atoms with E-state index in [1.807, 2.05) is 0 Å². The van der Waals surface area contributed by atoms with Gasteiger partial charge in [-0.25, -0.2) is 4.39 Å². The van der Waals surface area contributed by atoms with Gasteiger partial charge in [0.25, 0.3) is 17.4 Å². The zero-order chi connectivity index (χ0) is 22.5. The summed E-state index contributed by atoms with van der Waals surface area (Å²) in [6.07, 6.45) is 0. The number of likely N-dealkylation sites (tertiary alicyclic amines) is 1. The summed E-state index contributed by atoms with van der Waals surface area (Å²) in [6.45, 7) is -0.258. The molecule has 1 aliphatic heterocycles. The van der Waals surface area contributed by atoms with Crippen molar-refractivity contribution in [2.75, 3.05) is 26.4 Å². The summed E-state index contributed by atoms with van der Waals surface area (Å²) < 4.78 is 18.5. The van der Waals surface area contributed by atoms with Crippen molar-refractivity contribution in [3.05, 3.63) is 81.2 Å². The molecule has 0 aromatic heterocycles. The largest absolute Gasteiger partial charge is 0.507 e. The minimum atomic E-state index is -1.11. The number of rotatable bonds is 8. The first-order valence-corrected chi connectivity index (χ1v) is 9.32. The molecule has 1 fully saturated rings. The predicted octanol–water partition coefficient (Wildman–Crippen LogP) is 2.16.